The van der Waals surface area contributed by atoms with Crippen molar-refractivity contribution in [2.75, 3.05) is 43.7 Å². The van der Waals surface area contributed by atoms with Crippen LogP contribution in [0.25, 0.3) is 22.3 Å². The average molecular weight is 506 g/mol. The fourth-order valence-corrected chi connectivity index (χ4v) is 5.91. The molecule has 2 unspecified atom stereocenters. The van der Waals surface area contributed by atoms with Crippen molar-refractivity contribution in [3.05, 3.63) is 35.9 Å². The molecule has 0 amide bonds. The summed E-state index contributed by atoms with van der Waals surface area (Å²) in [4.78, 5) is 19.7. The van der Waals surface area contributed by atoms with Gasteiger partial charge in [0, 0.05) is 44.0 Å². The molecular formula is C28H35N5O4. The summed E-state index contributed by atoms with van der Waals surface area (Å²) < 4.78 is 17.2. The number of aromatic nitrogens is 3. The van der Waals surface area contributed by atoms with Crippen molar-refractivity contribution >= 4 is 22.8 Å². The van der Waals surface area contributed by atoms with Crippen LogP contribution in [-0.4, -0.2) is 78.3 Å². The molecule has 1 N–H and O–H groups in total. The van der Waals surface area contributed by atoms with E-state index in [1.54, 1.807) is 7.11 Å². The molecule has 3 fully saturated rings. The highest BCUT2D eigenvalue weighted by atomic mass is 16.5. The monoisotopic (exact) mass is 505 g/mol. The van der Waals surface area contributed by atoms with Gasteiger partial charge in [-0.15, -0.1) is 0 Å². The van der Waals surface area contributed by atoms with E-state index in [0.717, 1.165) is 73.5 Å². The number of fused-ring (bicyclic) bond motifs is 3. The maximum absolute atomic E-state index is 9.82. The quantitative estimate of drug-likeness (QED) is 0.540. The van der Waals surface area contributed by atoms with Gasteiger partial charge in [0.05, 0.1) is 43.0 Å². The van der Waals surface area contributed by atoms with Crippen molar-refractivity contribution in [2.24, 2.45) is 0 Å². The number of aliphatic hydroxyl groups excluding tert-OH is 1. The lowest BCUT2D eigenvalue weighted by atomic mass is 10.1. The number of morpholine rings is 1. The summed E-state index contributed by atoms with van der Waals surface area (Å²) >= 11 is 0. The number of nitrogens with zero attached hydrogens (tertiary/aromatic N) is 5. The highest BCUT2D eigenvalue weighted by molar-refractivity contribution is 5.90. The van der Waals surface area contributed by atoms with Gasteiger partial charge in [0.15, 0.2) is 5.65 Å². The van der Waals surface area contributed by atoms with Gasteiger partial charge < -0.3 is 29.1 Å². The Bertz CT molecular complexity index is 1280. The summed E-state index contributed by atoms with van der Waals surface area (Å²) in [5, 5.41) is 10.8. The number of hydrogen-bond acceptors (Lipinski definition) is 9. The molecule has 0 aliphatic carbocycles. The van der Waals surface area contributed by atoms with Crippen LogP contribution in [0.1, 0.15) is 38.2 Å². The number of anilines is 2. The maximum Gasteiger partial charge on any atom is 0.229 e. The Morgan fingerprint density at radius 2 is 1.92 bits per heavy atom. The summed E-state index contributed by atoms with van der Waals surface area (Å²) in [6, 6.07) is 10.4. The molecule has 3 atom stereocenters. The van der Waals surface area contributed by atoms with Crippen LogP contribution in [0.5, 0.6) is 5.75 Å². The molecule has 3 aliphatic heterocycles. The van der Waals surface area contributed by atoms with Crippen molar-refractivity contribution in [1.29, 1.82) is 0 Å². The van der Waals surface area contributed by atoms with E-state index in [1.807, 2.05) is 24.3 Å². The Hall–Kier alpha value is -3.01. The van der Waals surface area contributed by atoms with E-state index in [1.165, 1.54) is 0 Å². The van der Waals surface area contributed by atoms with Crippen molar-refractivity contribution in [3.63, 3.8) is 0 Å². The molecule has 37 heavy (non-hydrogen) atoms. The summed E-state index contributed by atoms with van der Waals surface area (Å²) in [7, 11) is 3.68. The number of aliphatic hydroxyl groups is 1. The number of hydrogen-bond donors (Lipinski definition) is 1. The van der Waals surface area contributed by atoms with Crippen LogP contribution in [0.3, 0.4) is 0 Å². The molecule has 9 nitrogen and oxygen atoms in total. The lowest BCUT2D eigenvalue weighted by Crippen LogP contribution is -2.50. The second-order valence-electron chi connectivity index (χ2n) is 10.3. The number of pyridine rings is 1. The van der Waals surface area contributed by atoms with Crippen molar-refractivity contribution in [2.45, 2.75) is 63.5 Å². The Balaban J connectivity index is 1.46. The van der Waals surface area contributed by atoms with Gasteiger partial charge in [0.25, 0.3) is 0 Å². The van der Waals surface area contributed by atoms with Crippen molar-refractivity contribution in [1.82, 2.24) is 15.0 Å². The van der Waals surface area contributed by atoms with Gasteiger partial charge >= 0.3 is 0 Å². The Labute approximate surface area is 217 Å². The lowest BCUT2D eigenvalue weighted by molar-refractivity contribution is 0.00864. The Morgan fingerprint density at radius 3 is 2.70 bits per heavy atom. The highest BCUT2D eigenvalue weighted by Gasteiger charge is 2.40. The van der Waals surface area contributed by atoms with E-state index in [9.17, 15) is 5.11 Å². The molecule has 6 rings (SSSR count). The maximum atomic E-state index is 9.82. The third-order valence-electron chi connectivity index (χ3n) is 8.17. The first-order chi connectivity index (χ1) is 18.1. The minimum Gasteiger partial charge on any atom is -0.496 e. The molecule has 0 saturated carbocycles. The minimum atomic E-state index is -0.103. The van der Waals surface area contributed by atoms with Crippen LogP contribution < -0.4 is 14.5 Å². The summed E-state index contributed by atoms with van der Waals surface area (Å²) in [6.45, 7) is 4.47. The van der Waals surface area contributed by atoms with Gasteiger partial charge in [-0.2, -0.15) is 9.97 Å². The van der Waals surface area contributed by atoms with E-state index in [4.69, 9.17) is 29.2 Å². The Morgan fingerprint density at radius 1 is 1.08 bits per heavy atom. The van der Waals surface area contributed by atoms with Crippen LogP contribution in [-0.2, 0) is 16.1 Å². The second-order valence-corrected chi connectivity index (χ2v) is 10.3. The smallest absolute Gasteiger partial charge is 0.229 e. The summed E-state index contributed by atoms with van der Waals surface area (Å²) in [5.41, 5.74) is 3.10. The van der Waals surface area contributed by atoms with Gasteiger partial charge in [0.2, 0.25) is 5.95 Å². The number of methoxy groups -OCH3 is 1. The topological polar surface area (TPSA) is 93.1 Å². The third kappa shape index (κ3) is 4.49. The van der Waals surface area contributed by atoms with E-state index in [2.05, 4.69) is 29.8 Å². The van der Waals surface area contributed by atoms with E-state index in [-0.39, 0.29) is 24.9 Å². The van der Waals surface area contributed by atoms with Crippen LogP contribution in [0.4, 0.5) is 11.8 Å². The molecule has 3 aliphatic rings. The number of benzene rings is 1. The molecule has 9 heteroatoms. The normalized spacial score (nSPS) is 24.0. The van der Waals surface area contributed by atoms with Crippen LogP contribution in [0, 0.1) is 0 Å². The summed E-state index contributed by atoms with van der Waals surface area (Å²) in [5.74, 6) is 2.28. The predicted molar refractivity (Wildman–Crippen MR) is 142 cm³/mol. The molecule has 3 saturated heterocycles. The van der Waals surface area contributed by atoms with Crippen LogP contribution >= 0.6 is 0 Å². The highest BCUT2D eigenvalue weighted by Crippen LogP contribution is 2.37. The van der Waals surface area contributed by atoms with Gasteiger partial charge in [-0.3, -0.25) is 0 Å². The van der Waals surface area contributed by atoms with Crippen LogP contribution in [0.15, 0.2) is 30.3 Å². The minimum absolute atomic E-state index is 0.103. The van der Waals surface area contributed by atoms with Gasteiger partial charge in [0.1, 0.15) is 11.6 Å². The molecule has 0 spiro atoms. The molecule has 0 radical (unpaired) electrons. The molecule has 5 heterocycles. The fraction of sp³-hybridized carbons (Fsp3) is 0.536. The van der Waals surface area contributed by atoms with E-state index < -0.39 is 0 Å². The van der Waals surface area contributed by atoms with Crippen LogP contribution in [0.2, 0.25) is 0 Å². The van der Waals surface area contributed by atoms with E-state index in [0.29, 0.717) is 23.4 Å². The first-order valence-electron chi connectivity index (χ1n) is 13.3. The van der Waals surface area contributed by atoms with Gasteiger partial charge in [-0.05, 0) is 62.9 Å². The molecule has 1 aromatic carbocycles. The summed E-state index contributed by atoms with van der Waals surface area (Å²) in [6.07, 6.45) is 4.56. The van der Waals surface area contributed by atoms with E-state index >= 15 is 0 Å². The van der Waals surface area contributed by atoms with Crippen molar-refractivity contribution in [3.8, 4) is 17.0 Å². The second kappa shape index (κ2) is 10.0. The number of rotatable bonds is 6. The SMILES string of the molecule is COc1ccc(-c2ccc3c(N4CC5CCC(O5)[C@@H]4C)nc(N(C)C4CCOCC4)nc3n2)cc1CO. The predicted octanol–water partition coefficient (Wildman–Crippen LogP) is 3.56. The standard InChI is InChI=1S/C28H35N5O4/c1-17-24-9-5-21(37-24)15-33(17)27-22-6-7-23(18-4-8-25(35-3)19(14-18)16-34)29-26(22)30-28(31-27)32(2)20-10-12-36-13-11-20/h4,6-8,14,17,20-21,24,34H,5,9-13,15-16H2,1-3H3/t17-,21?,24?/m0/s1. The molecule has 3 aromatic rings. The molecule has 2 aromatic heterocycles. The molecule has 196 valence electrons. The van der Waals surface area contributed by atoms with Gasteiger partial charge in [-0.25, -0.2) is 4.98 Å². The first kappa shape index (κ1) is 24.3. The molecular weight excluding hydrogens is 470 g/mol. The first-order valence-corrected chi connectivity index (χ1v) is 13.3. The zero-order valence-electron chi connectivity index (χ0n) is 21.8. The average Bonchev–Trinajstić information content (AvgIpc) is 3.37. The zero-order chi connectivity index (χ0) is 25.5. The largest absolute Gasteiger partial charge is 0.496 e. The zero-order valence-corrected chi connectivity index (χ0v) is 21.8. The fourth-order valence-electron chi connectivity index (χ4n) is 5.91. The number of ether oxygens (including phenoxy) is 3. The molecule has 2 bridgehead atoms. The lowest BCUT2D eigenvalue weighted by Gasteiger charge is -2.40. The van der Waals surface area contributed by atoms with Crippen molar-refractivity contribution < 1.29 is 19.3 Å². The Kier molecular flexibility index (Phi) is 6.60. The third-order valence-corrected chi connectivity index (χ3v) is 8.17. The van der Waals surface area contributed by atoms with Gasteiger partial charge in [-0.1, -0.05) is 0 Å².